The Kier molecular flexibility index (Phi) is 7.93. The van der Waals surface area contributed by atoms with Gasteiger partial charge in [-0.25, -0.2) is 4.39 Å². The molecule has 0 aliphatic carbocycles. The fourth-order valence-electron chi connectivity index (χ4n) is 5.72. The summed E-state index contributed by atoms with van der Waals surface area (Å²) in [5.41, 5.74) is -0.409. The van der Waals surface area contributed by atoms with Crippen LogP contribution in [0.2, 0.25) is 0 Å². The number of hydrogen-bond acceptors (Lipinski definition) is 3. The standard InChI is InChI=1S/C31H26F7NO3/c1-17(21-10-23(30(33,34)35)14-24(11-21)31(36,37)38)42-27-15-39-26(29(27)20-6-8-25(32)9-7-20)12-22(13-28(39)41)19-4-2-18(16-40)3-5-19/h2-11,13-14,17,26-27,29,40H,12,15-16H2,1H3/t17-,26?,27?,29+/m1/s1. The molecule has 2 unspecified atom stereocenters. The molecule has 3 aromatic rings. The molecule has 42 heavy (non-hydrogen) atoms. The molecule has 3 aromatic carbocycles. The normalized spacial score (nSPS) is 21.7. The number of benzene rings is 3. The van der Waals surface area contributed by atoms with E-state index in [1.54, 1.807) is 29.2 Å². The van der Waals surface area contributed by atoms with Crippen LogP contribution in [0.1, 0.15) is 58.7 Å². The van der Waals surface area contributed by atoms with Gasteiger partial charge in [-0.2, -0.15) is 26.3 Å². The lowest BCUT2D eigenvalue weighted by atomic mass is 9.83. The number of hydrogen-bond donors (Lipinski definition) is 1. The van der Waals surface area contributed by atoms with E-state index >= 15 is 0 Å². The van der Waals surface area contributed by atoms with Crippen molar-refractivity contribution in [3.8, 4) is 0 Å². The van der Waals surface area contributed by atoms with E-state index in [0.29, 0.717) is 29.7 Å². The van der Waals surface area contributed by atoms with Crippen LogP contribution in [0.25, 0.3) is 5.57 Å². The molecule has 2 heterocycles. The highest BCUT2D eigenvalue weighted by Gasteiger charge is 2.48. The van der Waals surface area contributed by atoms with Gasteiger partial charge in [0.05, 0.1) is 29.9 Å². The molecule has 2 aliphatic rings. The highest BCUT2D eigenvalue weighted by atomic mass is 19.4. The monoisotopic (exact) mass is 593 g/mol. The second-order valence-corrected chi connectivity index (χ2v) is 10.5. The minimum atomic E-state index is -5.01. The van der Waals surface area contributed by atoms with Crippen LogP contribution in [0.4, 0.5) is 30.7 Å². The van der Waals surface area contributed by atoms with Crippen LogP contribution >= 0.6 is 0 Å². The number of carbonyl (C=O) groups is 1. The third-order valence-corrected chi connectivity index (χ3v) is 7.82. The zero-order chi connectivity index (χ0) is 30.4. The number of aliphatic hydroxyl groups excluding tert-OH is 1. The van der Waals surface area contributed by atoms with E-state index < -0.39 is 53.5 Å². The maximum Gasteiger partial charge on any atom is 0.416 e. The predicted octanol–water partition coefficient (Wildman–Crippen LogP) is 7.28. The minimum Gasteiger partial charge on any atom is -0.392 e. The molecule has 4 atom stereocenters. The Balaban J connectivity index is 1.48. The number of amides is 1. The van der Waals surface area contributed by atoms with Crippen molar-refractivity contribution in [3.05, 3.63) is 112 Å². The van der Waals surface area contributed by atoms with Crippen molar-refractivity contribution >= 4 is 11.5 Å². The van der Waals surface area contributed by atoms with Gasteiger partial charge in [0.1, 0.15) is 5.82 Å². The third kappa shape index (κ3) is 6.07. The molecular formula is C31H26F7NO3. The van der Waals surface area contributed by atoms with Crippen molar-refractivity contribution in [1.82, 2.24) is 4.90 Å². The Morgan fingerprint density at radius 1 is 0.929 bits per heavy atom. The molecule has 2 aliphatic heterocycles. The van der Waals surface area contributed by atoms with E-state index in [4.69, 9.17) is 4.74 Å². The Morgan fingerprint density at radius 3 is 2.07 bits per heavy atom. The van der Waals surface area contributed by atoms with Crippen molar-refractivity contribution in [3.63, 3.8) is 0 Å². The summed E-state index contributed by atoms with van der Waals surface area (Å²) in [6, 6.07) is 13.5. The Labute approximate surface area is 237 Å². The summed E-state index contributed by atoms with van der Waals surface area (Å²) in [4.78, 5) is 14.8. The number of ether oxygens (including phenoxy) is 1. The molecule has 5 rings (SSSR count). The van der Waals surface area contributed by atoms with Gasteiger partial charge in [-0.3, -0.25) is 4.79 Å². The van der Waals surface area contributed by atoms with Gasteiger partial charge < -0.3 is 14.7 Å². The van der Waals surface area contributed by atoms with Crippen LogP contribution < -0.4 is 0 Å². The van der Waals surface area contributed by atoms with E-state index in [2.05, 4.69) is 0 Å². The van der Waals surface area contributed by atoms with Crippen LogP contribution in [0, 0.1) is 5.82 Å². The molecule has 11 heteroatoms. The molecule has 0 radical (unpaired) electrons. The van der Waals surface area contributed by atoms with Gasteiger partial charge in [-0.1, -0.05) is 36.4 Å². The highest BCUT2D eigenvalue weighted by molar-refractivity contribution is 5.98. The Morgan fingerprint density at radius 2 is 1.52 bits per heavy atom. The zero-order valence-corrected chi connectivity index (χ0v) is 22.2. The van der Waals surface area contributed by atoms with E-state index in [-0.39, 0.29) is 30.7 Å². The highest BCUT2D eigenvalue weighted by Crippen LogP contribution is 2.45. The van der Waals surface area contributed by atoms with Crippen LogP contribution in [-0.4, -0.2) is 34.6 Å². The first-order chi connectivity index (χ1) is 19.7. The average molecular weight is 594 g/mol. The molecule has 0 spiro atoms. The molecule has 222 valence electrons. The van der Waals surface area contributed by atoms with E-state index in [1.165, 1.54) is 37.3 Å². The number of rotatable bonds is 6. The smallest absolute Gasteiger partial charge is 0.392 e. The molecule has 1 saturated heterocycles. The summed E-state index contributed by atoms with van der Waals surface area (Å²) >= 11 is 0. The van der Waals surface area contributed by atoms with Crippen molar-refractivity contribution in [2.45, 2.75) is 56.5 Å². The number of nitrogens with zero attached hydrogens (tertiary/aromatic N) is 1. The van der Waals surface area contributed by atoms with E-state index in [1.807, 2.05) is 0 Å². The lowest BCUT2D eigenvalue weighted by Gasteiger charge is -2.33. The molecule has 1 fully saturated rings. The lowest BCUT2D eigenvalue weighted by molar-refractivity contribution is -0.143. The van der Waals surface area contributed by atoms with E-state index in [9.17, 15) is 40.6 Å². The first kappa shape index (κ1) is 29.8. The first-order valence-electron chi connectivity index (χ1n) is 13.2. The number of fused-ring (bicyclic) bond motifs is 1. The van der Waals surface area contributed by atoms with Gasteiger partial charge in [-0.05, 0) is 71.5 Å². The SMILES string of the molecule is C[C@@H](OC1CN2C(=O)C=C(c3ccc(CO)cc3)CC2[C@@H]1c1ccc(F)cc1)c1cc(C(F)(F)F)cc(C(F)(F)F)c1. The number of alkyl halides is 6. The topological polar surface area (TPSA) is 49.8 Å². The second-order valence-electron chi connectivity index (χ2n) is 10.5. The molecular weight excluding hydrogens is 567 g/mol. The van der Waals surface area contributed by atoms with Gasteiger partial charge in [0, 0.05) is 24.6 Å². The maximum absolute atomic E-state index is 13.8. The Hall–Kier alpha value is -3.70. The van der Waals surface area contributed by atoms with Crippen LogP contribution in [-0.2, 0) is 28.5 Å². The molecule has 4 nitrogen and oxygen atoms in total. The lowest BCUT2D eigenvalue weighted by Crippen LogP contribution is -2.39. The van der Waals surface area contributed by atoms with Gasteiger partial charge >= 0.3 is 12.4 Å². The fourth-order valence-corrected chi connectivity index (χ4v) is 5.72. The zero-order valence-electron chi connectivity index (χ0n) is 22.2. The maximum atomic E-state index is 13.8. The molecule has 1 N–H and O–H groups in total. The van der Waals surface area contributed by atoms with Crippen molar-refractivity contribution in [2.24, 2.45) is 0 Å². The van der Waals surface area contributed by atoms with Crippen molar-refractivity contribution < 1.29 is 45.4 Å². The summed E-state index contributed by atoms with van der Waals surface area (Å²) in [5, 5.41) is 9.35. The number of aliphatic hydroxyl groups is 1. The Bertz CT molecular complexity index is 1450. The molecule has 0 saturated carbocycles. The van der Waals surface area contributed by atoms with Crippen LogP contribution in [0.5, 0.6) is 0 Å². The number of halogens is 7. The van der Waals surface area contributed by atoms with Crippen LogP contribution in [0.15, 0.2) is 72.8 Å². The summed E-state index contributed by atoms with van der Waals surface area (Å²) in [5.74, 6) is -1.37. The van der Waals surface area contributed by atoms with Gasteiger partial charge in [0.2, 0.25) is 5.91 Å². The second kappa shape index (κ2) is 11.2. The predicted molar refractivity (Wildman–Crippen MR) is 139 cm³/mol. The van der Waals surface area contributed by atoms with Crippen molar-refractivity contribution in [1.29, 1.82) is 0 Å². The third-order valence-electron chi connectivity index (χ3n) is 7.82. The van der Waals surface area contributed by atoms with Gasteiger partial charge in [0.15, 0.2) is 0 Å². The number of carbonyl (C=O) groups excluding carboxylic acids is 1. The van der Waals surface area contributed by atoms with Gasteiger partial charge in [-0.15, -0.1) is 0 Å². The quantitative estimate of drug-likeness (QED) is 0.306. The molecule has 1 amide bonds. The fraction of sp³-hybridized carbons (Fsp3) is 0.323. The summed E-state index contributed by atoms with van der Waals surface area (Å²) in [6.45, 7) is 1.26. The van der Waals surface area contributed by atoms with Crippen molar-refractivity contribution in [2.75, 3.05) is 6.54 Å². The van der Waals surface area contributed by atoms with Crippen LogP contribution in [0.3, 0.4) is 0 Å². The summed E-state index contributed by atoms with van der Waals surface area (Å²) < 4.78 is 101. The average Bonchev–Trinajstić information content (AvgIpc) is 3.30. The summed E-state index contributed by atoms with van der Waals surface area (Å²) in [6.07, 6.45) is -10.2. The minimum absolute atomic E-state index is 0.0359. The van der Waals surface area contributed by atoms with E-state index in [0.717, 1.165) is 11.1 Å². The summed E-state index contributed by atoms with van der Waals surface area (Å²) in [7, 11) is 0. The molecule has 0 bridgehead atoms. The molecule has 0 aromatic heterocycles. The largest absolute Gasteiger partial charge is 0.416 e. The van der Waals surface area contributed by atoms with Gasteiger partial charge in [0.25, 0.3) is 0 Å². The first-order valence-corrected chi connectivity index (χ1v) is 13.2.